The molecule has 0 amide bonds. The minimum absolute atomic E-state index is 0.726. The second-order valence-electron chi connectivity index (χ2n) is 5.08. The van der Waals surface area contributed by atoms with E-state index < -0.39 is 0 Å². The third-order valence-corrected chi connectivity index (χ3v) is 3.74. The van der Waals surface area contributed by atoms with Crippen LogP contribution in [0.15, 0.2) is 12.4 Å². The molecule has 1 aliphatic rings. The molecular formula is C14H24N4. The van der Waals surface area contributed by atoms with E-state index in [9.17, 15) is 0 Å². The van der Waals surface area contributed by atoms with Crippen molar-refractivity contribution in [3.63, 3.8) is 0 Å². The van der Waals surface area contributed by atoms with Crippen LogP contribution in [-0.2, 0) is 6.42 Å². The Hall–Kier alpha value is -1.16. The van der Waals surface area contributed by atoms with Gasteiger partial charge in [0.25, 0.3) is 0 Å². The van der Waals surface area contributed by atoms with Crippen LogP contribution in [0.2, 0.25) is 0 Å². The van der Waals surface area contributed by atoms with Crippen molar-refractivity contribution >= 4 is 5.95 Å². The van der Waals surface area contributed by atoms with Crippen molar-refractivity contribution < 1.29 is 0 Å². The standard InChI is InChI=1S/C14H24N4/c1-3-13-10-16-14(17-11-13)15-7-9-18-8-5-4-6-12(18)2/h10-12H,3-9H2,1-2H3,(H,15,16,17). The summed E-state index contributed by atoms with van der Waals surface area (Å²) in [6.45, 7) is 7.68. The van der Waals surface area contributed by atoms with Gasteiger partial charge < -0.3 is 5.32 Å². The maximum absolute atomic E-state index is 4.31. The molecule has 100 valence electrons. The highest BCUT2D eigenvalue weighted by atomic mass is 15.2. The van der Waals surface area contributed by atoms with Crippen molar-refractivity contribution in [3.8, 4) is 0 Å². The highest BCUT2D eigenvalue weighted by Gasteiger charge is 2.17. The molecule has 1 aromatic heterocycles. The molecule has 4 nitrogen and oxygen atoms in total. The number of hydrogen-bond donors (Lipinski definition) is 1. The van der Waals surface area contributed by atoms with E-state index >= 15 is 0 Å². The third-order valence-electron chi connectivity index (χ3n) is 3.74. The highest BCUT2D eigenvalue weighted by Crippen LogP contribution is 2.15. The fourth-order valence-electron chi connectivity index (χ4n) is 2.43. The second-order valence-corrected chi connectivity index (χ2v) is 5.08. The topological polar surface area (TPSA) is 41.1 Å². The Balaban J connectivity index is 1.73. The average Bonchev–Trinajstić information content (AvgIpc) is 2.42. The normalized spacial score (nSPS) is 20.9. The predicted molar refractivity (Wildman–Crippen MR) is 74.8 cm³/mol. The first-order valence-electron chi connectivity index (χ1n) is 7.08. The van der Waals surface area contributed by atoms with Crippen LogP contribution in [0.5, 0.6) is 0 Å². The first-order valence-corrected chi connectivity index (χ1v) is 7.08. The zero-order valence-electron chi connectivity index (χ0n) is 11.5. The summed E-state index contributed by atoms with van der Waals surface area (Å²) < 4.78 is 0. The number of aryl methyl sites for hydroxylation is 1. The Labute approximate surface area is 110 Å². The fraction of sp³-hybridized carbons (Fsp3) is 0.714. The molecule has 4 heteroatoms. The number of piperidine rings is 1. The number of anilines is 1. The van der Waals surface area contributed by atoms with Crippen LogP contribution >= 0.6 is 0 Å². The molecule has 2 heterocycles. The van der Waals surface area contributed by atoms with Crippen LogP contribution in [-0.4, -0.2) is 40.5 Å². The van der Waals surface area contributed by atoms with E-state index in [2.05, 4.69) is 34.0 Å². The van der Waals surface area contributed by atoms with E-state index in [4.69, 9.17) is 0 Å². The Morgan fingerprint density at radius 3 is 2.78 bits per heavy atom. The fourth-order valence-corrected chi connectivity index (χ4v) is 2.43. The van der Waals surface area contributed by atoms with Crippen molar-refractivity contribution in [2.45, 2.75) is 45.6 Å². The molecule has 0 aromatic carbocycles. The quantitative estimate of drug-likeness (QED) is 0.868. The van der Waals surface area contributed by atoms with E-state index in [0.717, 1.165) is 31.5 Å². The lowest BCUT2D eigenvalue weighted by molar-refractivity contribution is 0.167. The SMILES string of the molecule is CCc1cnc(NCCN2CCCCC2C)nc1. The monoisotopic (exact) mass is 248 g/mol. The lowest BCUT2D eigenvalue weighted by Crippen LogP contribution is -2.40. The first-order chi connectivity index (χ1) is 8.79. The van der Waals surface area contributed by atoms with Gasteiger partial charge >= 0.3 is 0 Å². The number of hydrogen-bond acceptors (Lipinski definition) is 4. The maximum atomic E-state index is 4.31. The molecule has 2 rings (SSSR count). The molecule has 1 fully saturated rings. The van der Waals surface area contributed by atoms with Gasteiger partial charge in [-0.1, -0.05) is 13.3 Å². The van der Waals surface area contributed by atoms with Crippen molar-refractivity contribution in [1.29, 1.82) is 0 Å². The average molecular weight is 248 g/mol. The summed E-state index contributed by atoms with van der Waals surface area (Å²) >= 11 is 0. The smallest absolute Gasteiger partial charge is 0.222 e. The Bertz CT molecular complexity index is 349. The molecular weight excluding hydrogens is 224 g/mol. The van der Waals surface area contributed by atoms with Gasteiger partial charge in [-0.05, 0) is 38.3 Å². The van der Waals surface area contributed by atoms with Crippen LogP contribution < -0.4 is 5.32 Å². The zero-order chi connectivity index (χ0) is 12.8. The Kier molecular flexibility index (Phi) is 4.93. The first kappa shape index (κ1) is 13.3. The molecule has 1 N–H and O–H groups in total. The lowest BCUT2D eigenvalue weighted by Gasteiger charge is -2.33. The minimum atomic E-state index is 0.726. The molecule has 1 saturated heterocycles. The number of nitrogens with one attached hydrogen (secondary N) is 1. The second kappa shape index (κ2) is 6.69. The molecule has 18 heavy (non-hydrogen) atoms. The van der Waals surface area contributed by atoms with Crippen LogP contribution in [0, 0.1) is 0 Å². The summed E-state index contributed by atoms with van der Waals surface area (Å²) in [6.07, 6.45) is 8.85. The van der Waals surface area contributed by atoms with Gasteiger partial charge in [-0.2, -0.15) is 0 Å². The molecule has 1 aromatic rings. The summed E-state index contributed by atoms with van der Waals surface area (Å²) in [4.78, 5) is 11.2. The predicted octanol–water partition coefficient (Wildman–Crippen LogP) is 2.33. The molecule has 0 aliphatic carbocycles. The van der Waals surface area contributed by atoms with Gasteiger partial charge in [0.2, 0.25) is 5.95 Å². The maximum Gasteiger partial charge on any atom is 0.222 e. The molecule has 1 atom stereocenters. The molecule has 1 unspecified atom stereocenters. The van der Waals surface area contributed by atoms with Gasteiger partial charge in [0.1, 0.15) is 0 Å². The number of aromatic nitrogens is 2. The van der Waals surface area contributed by atoms with Crippen molar-refractivity contribution in [2.24, 2.45) is 0 Å². The highest BCUT2D eigenvalue weighted by molar-refractivity contribution is 5.24. The van der Waals surface area contributed by atoms with Gasteiger partial charge in [-0.15, -0.1) is 0 Å². The van der Waals surface area contributed by atoms with E-state index in [1.807, 2.05) is 12.4 Å². The van der Waals surface area contributed by atoms with Crippen LogP contribution in [0.3, 0.4) is 0 Å². The summed E-state index contributed by atoms with van der Waals surface area (Å²) in [6, 6.07) is 0.726. The molecule has 0 radical (unpaired) electrons. The molecule has 0 bridgehead atoms. The van der Waals surface area contributed by atoms with Crippen LogP contribution in [0.4, 0.5) is 5.95 Å². The van der Waals surface area contributed by atoms with E-state index in [0.29, 0.717) is 0 Å². The van der Waals surface area contributed by atoms with E-state index in [1.165, 1.54) is 31.4 Å². The largest absolute Gasteiger partial charge is 0.353 e. The minimum Gasteiger partial charge on any atom is -0.353 e. The summed E-state index contributed by atoms with van der Waals surface area (Å²) in [5.74, 6) is 0.747. The van der Waals surface area contributed by atoms with Crippen LogP contribution in [0.25, 0.3) is 0 Å². The van der Waals surface area contributed by atoms with E-state index in [1.54, 1.807) is 0 Å². The van der Waals surface area contributed by atoms with Crippen molar-refractivity contribution in [1.82, 2.24) is 14.9 Å². The number of nitrogens with zero attached hydrogens (tertiary/aromatic N) is 3. The third kappa shape index (κ3) is 3.67. The Morgan fingerprint density at radius 2 is 2.11 bits per heavy atom. The van der Waals surface area contributed by atoms with Gasteiger partial charge in [-0.25, -0.2) is 9.97 Å². The molecule has 0 saturated carbocycles. The Morgan fingerprint density at radius 1 is 1.33 bits per heavy atom. The lowest BCUT2D eigenvalue weighted by atomic mass is 10.0. The summed E-state index contributed by atoms with van der Waals surface area (Å²) in [7, 11) is 0. The van der Waals surface area contributed by atoms with Crippen molar-refractivity contribution in [2.75, 3.05) is 25.0 Å². The van der Waals surface area contributed by atoms with Crippen LogP contribution in [0.1, 0.15) is 38.7 Å². The molecule has 0 spiro atoms. The van der Waals surface area contributed by atoms with Gasteiger partial charge in [0.05, 0.1) is 0 Å². The number of likely N-dealkylation sites (tertiary alicyclic amines) is 1. The van der Waals surface area contributed by atoms with Crippen molar-refractivity contribution in [3.05, 3.63) is 18.0 Å². The zero-order valence-corrected chi connectivity index (χ0v) is 11.5. The summed E-state index contributed by atoms with van der Waals surface area (Å²) in [5, 5.41) is 3.30. The van der Waals surface area contributed by atoms with Gasteiger partial charge in [-0.3, -0.25) is 4.90 Å². The summed E-state index contributed by atoms with van der Waals surface area (Å²) in [5.41, 5.74) is 1.19. The number of rotatable bonds is 5. The van der Waals surface area contributed by atoms with E-state index in [-0.39, 0.29) is 0 Å². The van der Waals surface area contributed by atoms with Gasteiger partial charge in [0.15, 0.2) is 0 Å². The van der Waals surface area contributed by atoms with Gasteiger partial charge in [0, 0.05) is 31.5 Å². The molecule has 1 aliphatic heterocycles.